The Hall–Kier alpha value is -0.891. The summed E-state index contributed by atoms with van der Waals surface area (Å²) in [5, 5.41) is 0. The number of benzene rings is 1. The van der Waals surface area contributed by atoms with Crippen LogP contribution in [0.3, 0.4) is 0 Å². The average molecular weight is 308 g/mol. The number of carbonyl (C=O) groups excluding carboxylic acids is 1. The summed E-state index contributed by atoms with van der Waals surface area (Å²) in [6.07, 6.45) is 7.88. The van der Waals surface area contributed by atoms with E-state index in [1.165, 1.54) is 10.9 Å². The summed E-state index contributed by atoms with van der Waals surface area (Å²) < 4.78 is 1.54. The van der Waals surface area contributed by atoms with Crippen LogP contribution in [0.2, 0.25) is 0 Å². The fraction of sp³-hybridized carbons (Fsp3) is 0.400. The summed E-state index contributed by atoms with van der Waals surface area (Å²) in [6, 6.07) is 10.6. The van der Waals surface area contributed by atoms with E-state index in [0.717, 1.165) is 12.8 Å². The Morgan fingerprint density at radius 2 is 2.11 bits per heavy atom. The second-order valence-corrected chi connectivity index (χ2v) is 7.01. The number of likely N-dealkylation sites (N-methyl/N-ethyl adjacent to an activating group) is 1. The molecule has 96 valence electrons. The van der Waals surface area contributed by atoms with Crippen molar-refractivity contribution < 1.29 is 4.79 Å². The van der Waals surface area contributed by atoms with Gasteiger partial charge < -0.3 is 0 Å². The first-order chi connectivity index (χ1) is 8.75. The molecular formula is C15H19NOSe. The Balaban J connectivity index is 1.82. The quantitative estimate of drug-likeness (QED) is 0.608. The van der Waals surface area contributed by atoms with Gasteiger partial charge in [0.2, 0.25) is 0 Å². The molecule has 3 heteroatoms. The number of carbonyl (C=O) groups is 1. The third-order valence-electron chi connectivity index (χ3n) is 3.22. The molecule has 1 unspecified atom stereocenters. The van der Waals surface area contributed by atoms with E-state index >= 15 is 0 Å². The third-order valence-corrected chi connectivity index (χ3v) is 5.03. The topological polar surface area (TPSA) is 20.3 Å². The molecule has 1 aliphatic carbocycles. The summed E-state index contributed by atoms with van der Waals surface area (Å²) in [6.45, 7) is 0.591. The van der Waals surface area contributed by atoms with E-state index in [9.17, 15) is 4.79 Å². The number of allylic oxidation sites excluding steroid dienone is 1. The van der Waals surface area contributed by atoms with Gasteiger partial charge in [-0.05, 0) is 0 Å². The molecule has 0 saturated carbocycles. The SMILES string of the molecule is CN(CC(=O)[Se]c1ccccc1)C1CC=CCC1. The van der Waals surface area contributed by atoms with Crippen LogP contribution in [0.4, 0.5) is 0 Å². The van der Waals surface area contributed by atoms with Crippen molar-refractivity contribution in [1.82, 2.24) is 4.90 Å². The van der Waals surface area contributed by atoms with Crippen molar-refractivity contribution in [3.05, 3.63) is 42.5 Å². The van der Waals surface area contributed by atoms with Crippen molar-refractivity contribution in [2.45, 2.75) is 25.3 Å². The van der Waals surface area contributed by atoms with E-state index in [4.69, 9.17) is 0 Å². The zero-order valence-electron chi connectivity index (χ0n) is 10.7. The van der Waals surface area contributed by atoms with Gasteiger partial charge in [-0.3, -0.25) is 0 Å². The molecule has 0 bridgehead atoms. The van der Waals surface area contributed by atoms with Gasteiger partial charge in [0.15, 0.2) is 0 Å². The van der Waals surface area contributed by atoms with E-state index in [2.05, 4.69) is 24.1 Å². The van der Waals surface area contributed by atoms with Crippen LogP contribution < -0.4 is 4.46 Å². The first kappa shape index (κ1) is 13.5. The molecule has 0 fully saturated rings. The molecule has 2 nitrogen and oxygen atoms in total. The number of rotatable bonds is 5. The first-order valence-corrected chi connectivity index (χ1v) is 8.08. The molecule has 0 aromatic heterocycles. The van der Waals surface area contributed by atoms with Crippen molar-refractivity contribution in [3.8, 4) is 0 Å². The number of nitrogens with zero attached hydrogens (tertiary/aromatic N) is 1. The van der Waals surface area contributed by atoms with E-state index < -0.39 is 0 Å². The van der Waals surface area contributed by atoms with Gasteiger partial charge in [0.1, 0.15) is 0 Å². The van der Waals surface area contributed by atoms with Crippen molar-refractivity contribution in [1.29, 1.82) is 0 Å². The average Bonchev–Trinajstić information content (AvgIpc) is 2.40. The summed E-state index contributed by atoms with van der Waals surface area (Å²) in [5.74, 6) is 0. The fourth-order valence-corrected chi connectivity index (χ4v) is 3.89. The van der Waals surface area contributed by atoms with E-state index in [0.29, 0.717) is 17.3 Å². The van der Waals surface area contributed by atoms with Crippen LogP contribution in [0.5, 0.6) is 0 Å². The normalized spacial score (nSPS) is 19.1. The van der Waals surface area contributed by atoms with Crippen molar-refractivity contribution in [2.24, 2.45) is 0 Å². The third kappa shape index (κ3) is 4.09. The maximum atomic E-state index is 12.0. The Kier molecular flexibility index (Phi) is 5.18. The predicted octanol–water partition coefficient (Wildman–Crippen LogP) is 1.58. The maximum absolute atomic E-state index is 12.0. The summed E-state index contributed by atoms with van der Waals surface area (Å²) in [4.78, 5) is 14.3. The Morgan fingerprint density at radius 1 is 1.33 bits per heavy atom. The van der Waals surface area contributed by atoms with E-state index in [-0.39, 0.29) is 15.0 Å². The van der Waals surface area contributed by atoms with Gasteiger partial charge in [0, 0.05) is 0 Å². The Labute approximate surface area is 115 Å². The number of hydrogen-bond donors (Lipinski definition) is 0. The molecule has 0 amide bonds. The predicted molar refractivity (Wildman–Crippen MR) is 76.2 cm³/mol. The summed E-state index contributed by atoms with van der Waals surface area (Å²) in [7, 11) is 2.07. The molecule has 18 heavy (non-hydrogen) atoms. The minimum absolute atomic E-state index is 0.0416. The van der Waals surface area contributed by atoms with Crippen LogP contribution in [0.1, 0.15) is 19.3 Å². The second-order valence-electron chi connectivity index (χ2n) is 4.64. The van der Waals surface area contributed by atoms with Gasteiger partial charge in [-0.2, -0.15) is 0 Å². The van der Waals surface area contributed by atoms with Crippen molar-refractivity contribution >= 4 is 24.1 Å². The second kappa shape index (κ2) is 6.89. The van der Waals surface area contributed by atoms with Crippen LogP contribution in [-0.2, 0) is 4.79 Å². The van der Waals surface area contributed by atoms with Crippen LogP contribution in [0.25, 0.3) is 0 Å². The van der Waals surface area contributed by atoms with Gasteiger partial charge >= 0.3 is 115 Å². The molecule has 1 aliphatic rings. The molecule has 2 rings (SSSR count). The monoisotopic (exact) mass is 309 g/mol. The summed E-state index contributed by atoms with van der Waals surface area (Å²) >= 11 is -0.0416. The van der Waals surface area contributed by atoms with E-state index in [1.807, 2.05) is 30.3 Å². The van der Waals surface area contributed by atoms with Gasteiger partial charge in [0.05, 0.1) is 0 Å². The van der Waals surface area contributed by atoms with Crippen LogP contribution in [-0.4, -0.2) is 44.2 Å². The molecule has 0 N–H and O–H groups in total. The molecule has 0 heterocycles. The first-order valence-electron chi connectivity index (χ1n) is 6.36. The Bertz CT molecular complexity index is 416. The zero-order chi connectivity index (χ0) is 12.8. The standard InChI is InChI=1S/C15H19NOSe/c1-16(13-8-4-2-5-9-13)12-15(17)18-14-10-6-3-7-11-14/h2-4,6-7,10-11,13H,5,8-9,12H2,1H3. The molecule has 1 aromatic rings. The molecule has 1 aromatic carbocycles. The molecule has 0 saturated heterocycles. The molecule has 0 radical (unpaired) electrons. The summed E-state index contributed by atoms with van der Waals surface area (Å²) in [5.41, 5.74) is 0. The van der Waals surface area contributed by atoms with Crippen molar-refractivity contribution in [3.63, 3.8) is 0 Å². The fourth-order valence-electron chi connectivity index (χ4n) is 2.16. The van der Waals surface area contributed by atoms with Gasteiger partial charge in [-0.1, -0.05) is 0 Å². The van der Waals surface area contributed by atoms with Crippen molar-refractivity contribution in [2.75, 3.05) is 13.6 Å². The van der Waals surface area contributed by atoms with Crippen LogP contribution >= 0.6 is 0 Å². The molecule has 1 atom stereocenters. The molecular weight excluding hydrogens is 289 g/mol. The number of hydrogen-bond acceptors (Lipinski definition) is 2. The van der Waals surface area contributed by atoms with Crippen LogP contribution in [0.15, 0.2) is 42.5 Å². The molecule has 0 spiro atoms. The minimum atomic E-state index is -0.0416. The zero-order valence-corrected chi connectivity index (χ0v) is 12.4. The van der Waals surface area contributed by atoms with Gasteiger partial charge in [0.25, 0.3) is 0 Å². The van der Waals surface area contributed by atoms with Gasteiger partial charge in [-0.15, -0.1) is 0 Å². The van der Waals surface area contributed by atoms with Crippen LogP contribution in [0, 0.1) is 0 Å². The van der Waals surface area contributed by atoms with Gasteiger partial charge in [-0.25, -0.2) is 0 Å². The molecule has 0 aliphatic heterocycles. The Morgan fingerprint density at radius 3 is 2.78 bits per heavy atom. The van der Waals surface area contributed by atoms with E-state index in [1.54, 1.807) is 0 Å².